The number of fused-ring (bicyclic) bond motifs is 1. The molecule has 2 aliphatic carbocycles. The zero-order valence-corrected chi connectivity index (χ0v) is 16.8. The van der Waals surface area contributed by atoms with Crippen LogP contribution < -0.4 is 5.32 Å². The van der Waals surface area contributed by atoms with Gasteiger partial charge >= 0.3 is 0 Å². The lowest BCUT2D eigenvalue weighted by molar-refractivity contribution is -0.145. The number of benzene rings is 1. The van der Waals surface area contributed by atoms with Crippen molar-refractivity contribution in [2.24, 2.45) is 5.41 Å². The van der Waals surface area contributed by atoms with E-state index in [2.05, 4.69) is 23.5 Å². The van der Waals surface area contributed by atoms with Crippen molar-refractivity contribution in [1.82, 2.24) is 10.2 Å². The van der Waals surface area contributed by atoms with E-state index in [0.717, 1.165) is 50.5 Å². The molecule has 0 unspecified atom stereocenters. The fourth-order valence-corrected chi connectivity index (χ4v) is 5.18. The van der Waals surface area contributed by atoms with Gasteiger partial charge in [0.1, 0.15) is 6.54 Å². The van der Waals surface area contributed by atoms with Crippen LogP contribution in [0, 0.1) is 5.41 Å². The number of likely N-dealkylation sites (tertiary alicyclic amines) is 1. The molecule has 0 bridgehead atoms. The Labute approximate surface area is 166 Å². The fraction of sp³-hybridized carbons (Fsp3) is 0.609. The summed E-state index contributed by atoms with van der Waals surface area (Å²) in [5, 5.41) is 2.98. The molecule has 150 valence electrons. The van der Waals surface area contributed by atoms with E-state index in [9.17, 15) is 14.4 Å². The number of nitrogens with zero attached hydrogens (tertiary/aromatic N) is 1. The van der Waals surface area contributed by atoms with E-state index in [1.807, 2.05) is 6.92 Å². The minimum atomic E-state index is -0.528. The third kappa shape index (κ3) is 3.59. The van der Waals surface area contributed by atoms with E-state index in [0.29, 0.717) is 0 Å². The van der Waals surface area contributed by atoms with Crippen LogP contribution in [0.3, 0.4) is 0 Å². The van der Waals surface area contributed by atoms with E-state index < -0.39 is 5.41 Å². The van der Waals surface area contributed by atoms with Gasteiger partial charge in [-0.15, -0.1) is 0 Å². The Bertz CT molecular complexity index is 795. The summed E-state index contributed by atoms with van der Waals surface area (Å²) in [6.45, 7) is 1.80. The van der Waals surface area contributed by atoms with Gasteiger partial charge in [0, 0.05) is 6.42 Å². The molecule has 1 aromatic rings. The summed E-state index contributed by atoms with van der Waals surface area (Å²) in [6.07, 6.45) is 9.66. The van der Waals surface area contributed by atoms with E-state index in [1.54, 1.807) is 0 Å². The standard InChI is InChI=1S/C23H30N2O3/c1-16(18-10-9-17-7-3-4-8-19(17)13-18)24-20(26)15-25-21(27)14-23(22(25)28)11-5-2-6-12-23/h9-10,13,16H,2-8,11-12,14-15H2,1H3,(H,24,26)/t16-/m0/s1. The molecule has 1 atom stereocenters. The predicted molar refractivity (Wildman–Crippen MR) is 106 cm³/mol. The van der Waals surface area contributed by atoms with E-state index >= 15 is 0 Å². The minimum Gasteiger partial charge on any atom is -0.348 e. The Balaban J connectivity index is 1.39. The molecule has 3 aliphatic rings. The van der Waals surface area contributed by atoms with Crippen LogP contribution in [0.1, 0.15) is 81.0 Å². The maximum Gasteiger partial charge on any atom is 0.240 e. The monoisotopic (exact) mass is 382 g/mol. The van der Waals surface area contributed by atoms with Gasteiger partial charge in [-0.3, -0.25) is 19.3 Å². The van der Waals surface area contributed by atoms with Crippen LogP contribution in [0.2, 0.25) is 0 Å². The van der Waals surface area contributed by atoms with Gasteiger partial charge < -0.3 is 5.32 Å². The van der Waals surface area contributed by atoms with Crippen molar-refractivity contribution in [1.29, 1.82) is 0 Å². The largest absolute Gasteiger partial charge is 0.348 e. The zero-order valence-electron chi connectivity index (χ0n) is 16.8. The van der Waals surface area contributed by atoms with Crippen LogP contribution in [0.5, 0.6) is 0 Å². The second-order valence-electron chi connectivity index (χ2n) is 8.83. The molecule has 2 fully saturated rings. The molecule has 1 N–H and O–H groups in total. The van der Waals surface area contributed by atoms with Crippen molar-refractivity contribution in [2.45, 2.75) is 77.2 Å². The second kappa shape index (κ2) is 7.69. The van der Waals surface area contributed by atoms with E-state index in [1.165, 1.54) is 28.9 Å². The number of rotatable bonds is 4. The SMILES string of the molecule is C[C@H](NC(=O)CN1C(=O)CC2(CCCCC2)C1=O)c1ccc2c(c1)CCCC2. The second-order valence-corrected chi connectivity index (χ2v) is 8.83. The number of imide groups is 1. The van der Waals surface area contributed by atoms with Gasteiger partial charge in [0.2, 0.25) is 17.7 Å². The van der Waals surface area contributed by atoms with Crippen molar-refractivity contribution >= 4 is 17.7 Å². The van der Waals surface area contributed by atoms with Gasteiger partial charge in [-0.2, -0.15) is 0 Å². The lowest BCUT2D eigenvalue weighted by Crippen LogP contribution is -2.43. The summed E-state index contributed by atoms with van der Waals surface area (Å²) in [7, 11) is 0. The number of carbonyl (C=O) groups excluding carboxylic acids is 3. The number of carbonyl (C=O) groups is 3. The van der Waals surface area contributed by atoms with Gasteiger partial charge in [0.25, 0.3) is 0 Å². The summed E-state index contributed by atoms with van der Waals surface area (Å²) in [5.41, 5.74) is 3.35. The molecule has 1 saturated carbocycles. The first-order chi connectivity index (χ1) is 13.5. The van der Waals surface area contributed by atoms with Gasteiger partial charge in [-0.05, 0) is 62.1 Å². The number of nitrogens with one attached hydrogen (secondary N) is 1. The van der Waals surface area contributed by atoms with Crippen molar-refractivity contribution in [3.63, 3.8) is 0 Å². The molecule has 1 saturated heterocycles. The molecule has 3 amide bonds. The number of hydrogen-bond donors (Lipinski definition) is 1. The van der Waals surface area contributed by atoms with Crippen LogP contribution in [0.25, 0.3) is 0 Å². The third-order valence-electron chi connectivity index (χ3n) is 6.85. The molecule has 0 aromatic heterocycles. The van der Waals surface area contributed by atoms with Crippen molar-refractivity contribution in [3.05, 3.63) is 34.9 Å². The normalized spacial score (nSPS) is 22.2. The lowest BCUT2D eigenvalue weighted by atomic mass is 9.73. The smallest absolute Gasteiger partial charge is 0.240 e. The molecule has 1 spiro atoms. The van der Waals surface area contributed by atoms with Gasteiger partial charge in [0.05, 0.1) is 11.5 Å². The lowest BCUT2D eigenvalue weighted by Gasteiger charge is -2.30. The van der Waals surface area contributed by atoms with Crippen molar-refractivity contribution in [3.8, 4) is 0 Å². The van der Waals surface area contributed by atoms with E-state index in [-0.39, 0.29) is 36.7 Å². The molecule has 1 aliphatic heterocycles. The van der Waals surface area contributed by atoms with Crippen molar-refractivity contribution in [2.75, 3.05) is 6.54 Å². The van der Waals surface area contributed by atoms with Gasteiger partial charge in [0.15, 0.2) is 0 Å². The Morgan fingerprint density at radius 3 is 2.54 bits per heavy atom. The number of aryl methyl sites for hydroxylation is 2. The molecule has 0 radical (unpaired) electrons. The van der Waals surface area contributed by atoms with Gasteiger partial charge in [-0.25, -0.2) is 0 Å². The Morgan fingerprint density at radius 2 is 1.79 bits per heavy atom. The Kier molecular flexibility index (Phi) is 5.26. The first-order valence-electron chi connectivity index (χ1n) is 10.7. The van der Waals surface area contributed by atoms with Crippen molar-refractivity contribution < 1.29 is 14.4 Å². The summed E-state index contributed by atoms with van der Waals surface area (Å²) < 4.78 is 0. The molecule has 1 aromatic carbocycles. The Hall–Kier alpha value is -2.17. The number of amides is 3. The quantitative estimate of drug-likeness (QED) is 0.811. The highest BCUT2D eigenvalue weighted by molar-refractivity contribution is 6.08. The summed E-state index contributed by atoms with van der Waals surface area (Å²) in [6, 6.07) is 6.31. The number of hydrogen-bond acceptors (Lipinski definition) is 3. The van der Waals surface area contributed by atoms with Crippen LogP contribution in [0.4, 0.5) is 0 Å². The fourth-order valence-electron chi connectivity index (χ4n) is 5.18. The van der Waals surface area contributed by atoms with Crippen LogP contribution in [-0.2, 0) is 27.2 Å². The molecule has 5 heteroatoms. The topological polar surface area (TPSA) is 66.5 Å². The highest BCUT2D eigenvalue weighted by Crippen LogP contribution is 2.45. The minimum absolute atomic E-state index is 0.131. The highest BCUT2D eigenvalue weighted by Gasteiger charge is 2.51. The predicted octanol–water partition coefficient (Wildman–Crippen LogP) is 3.45. The summed E-state index contributed by atoms with van der Waals surface area (Å²) in [4.78, 5) is 39.1. The van der Waals surface area contributed by atoms with Crippen LogP contribution >= 0.6 is 0 Å². The first kappa shape index (κ1) is 19.2. The molecule has 4 rings (SSSR count). The third-order valence-corrected chi connectivity index (χ3v) is 6.85. The van der Waals surface area contributed by atoms with E-state index in [4.69, 9.17) is 0 Å². The molecular weight excluding hydrogens is 352 g/mol. The maximum absolute atomic E-state index is 12.9. The molecule has 28 heavy (non-hydrogen) atoms. The van der Waals surface area contributed by atoms with Crippen LogP contribution in [0.15, 0.2) is 18.2 Å². The average Bonchev–Trinajstić information content (AvgIpc) is 2.92. The molecule has 5 nitrogen and oxygen atoms in total. The van der Waals surface area contributed by atoms with Crippen LogP contribution in [-0.4, -0.2) is 29.2 Å². The molecular formula is C23H30N2O3. The highest BCUT2D eigenvalue weighted by atomic mass is 16.2. The average molecular weight is 383 g/mol. The Morgan fingerprint density at radius 1 is 1.07 bits per heavy atom. The maximum atomic E-state index is 12.9. The first-order valence-corrected chi connectivity index (χ1v) is 10.7. The molecule has 1 heterocycles. The summed E-state index contributed by atoms with van der Waals surface area (Å²) >= 11 is 0. The van der Waals surface area contributed by atoms with Gasteiger partial charge in [-0.1, -0.05) is 37.5 Å². The zero-order chi connectivity index (χ0) is 19.7. The summed E-state index contributed by atoms with van der Waals surface area (Å²) in [5.74, 6) is -0.586.